The Hall–Kier alpha value is -0.610. The maximum atomic E-state index is 11.5. The third-order valence-corrected chi connectivity index (χ3v) is 4.01. The molecule has 0 aliphatic carbocycles. The van der Waals surface area contributed by atoms with Crippen molar-refractivity contribution in [3.63, 3.8) is 0 Å². The summed E-state index contributed by atoms with van der Waals surface area (Å²) in [6.45, 7) is 4.55. The van der Waals surface area contributed by atoms with Crippen molar-refractivity contribution in [2.24, 2.45) is 17.8 Å². The van der Waals surface area contributed by atoms with Gasteiger partial charge in [0.25, 0.3) is 0 Å². The minimum atomic E-state index is -0.672. The zero-order valence-electron chi connectivity index (χ0n) is 11.5. The average molecular weight is 258 g/mol. The Morgan fingerprint density at radius 3 is 2.67 bits per heavy atom. The number of carbonyl (C=O) groups is 1. The minimum absolute atomic E-state index is 0.0969. The number of hydrogen-bond acceptors (Lipinski definition) is 4. The lowest BCUT2D eigenvalue weighted by molar-refractivity contribution is -0.144. The lowest BCUT2D eigenvalue weighted by Gasteiger charge is -2.19. The molecule has 1 aliphatic heterocycles. The number of hydrogen-bond donors (Lipinski definition) is 2. The first-order chi connectivity index (χ1) is 8.60. The smallest absolute Gasteiger partial charge is 0.312 e. The monoisotopic (exact) mass is 258 g/mol. The Morgan fingerprint density at radius 2 is 2.06 bits per heavy atom. The van der Waals surface area contributed by atoms with Crippen molar-refractivity contribution in [2.45, 2.75) is 52.1 Å². The Balaban J connectivity index is 2.27. The van der Waals surface area contributed by atoms with Crippen LogP contribution in [-0.2, 0) is 9.53 Å². The van der Waals surface area contributed by atoms with E-state index in [1.54, 1.807) is 0 Å². The van der Waals surface area contributed by atoms with E-state index in [0.29, 0.717) is 6.42 Å². The molecule has 0 aromatic heterocycles. The van der Waals surface area contributed by atoms with E-state index in [2.05, 4.69) is 13.8 Å². The first-order valence-electron chi connectivity index (χ1n) is 7.05. The van der Waals surface area contributed by atoms with Gasteiger partial charge in [0.1, 0.15) is 0 Å². The SMILES string of the molecule is CC[C@@H](C)CCCC[C@@H](O)[C@@H]1C(=O)OC[C@H]1CO. The first-order valence-corrected chi connectivity index (χ1v) is 7.05. The van der Waals surface area contributed by atoms with Crippen LogP contribution in [-0.4, -0.2) is 35.5 Å². The number of esters is 1. The molecular formula is C14H26O4. The van der Waals surface area contributed by atoms with Gasteiger partial charge in [-0.15, -0.1) is 0 Å². The van der Waals surface area contributed by atoms with Gasteiger partial charge >= 0.3 is 5.97 Å². The van der Waals surface area contributed by atoms with Crippen LogP contribution < -0.4 is 0 Å². The lowest BCUT2D eigenvalue weighted by atomic mass is 9.87. The van der Waals surface area contributed by atoms with Gasteiger partial charge < -0.3 is 14.9 Å². The molecule has 18 heavy (non-hydrogen) atoms. The van der Waals surface area contributed by atoms with E-state index in [1.165, 1.54) is 12.8 Å². The average Bonchev–Trinajstić information content (AvgIpc) is 2.75. The largest absolute Gasteiger partial charge is 0.465 e. The molecule has 1 heterocycles. The van der Waals surface area contributed by atoms with Crippen LogP contribution in [0, 0.1) is 17.8 Å². The number of aliphatic hydroxyl groups is 2. The molecule has 1 aliphatic rings. The van der Waals surface area contributed by atoms with Crippen LogP contribution >= 0.6 is 0 Å². The van der Waals surface area contributed by atoms with Crippen molar-refractivity contribution >= 4 is 5.97 Å². The molecule has 4 atom stereocenters. The number of aliphatic hydroxyl groups excluding tert-OH is 2. The molecule has 4 heteroatoms. The standard InChI is InChI=1S/C14H26O4/c1-3-10(2)6-4-5-7-12(16)13-11(8-15)9-18-14(13)17/h10-13,15-16H,3-9H2,1-2H3/t10-,11-,12-,13-/m1/s1. The molecule has 1 saturated heterocycles. The van der Waals surface area contributed by atoms with Gasteiger partial charge in [-0.25, -0.2) is 0 Å². The van der Waals surface area contributed by atoms with Crippen molar-refractivity contribution in [1.82, 2.24) is 0 Å². The van der Waals surface area contributed by atoms with E-state index < -0.39 is 12.0 Å². The van der Waals surface area contributed by atoms with Crippen molar-refractivity contribution in [3.05, 3.63) is 0 Å². The van der Waals surface area contributed by atoms with Gasteiger partial charge in [-0.2, -0.15) is 0 Å². The molecular weight excluding hydrogens is 232 g/mol. The zero-order chi connectivity index (χ0) is 13.5. The molecule has 0 aromatic rings. The Morgan fingerprint density at radius 1 is 1.39 bits per heavy atom. The summed E-state index contributed by atoms with van der Waals surface area (Å²) < 4.78 is 4.89. The van der Waals surface area contributed by atoms with Gasteiger partial charge in [0, 0.05) is 5.92 Å². The summed E-state index contributed by atoms with van der Waals surface area (Å²) in [6, 6.07) is 0. The molecule has 0 amide bonds. The molecule has 0 bridgehead atoms. The second-order valence-corrected chi connectivity index (χ2v) is 5.46. The Kier molecular flexibility index (Phi) is 6.65. The maximum Gasteiger partial charge on any atom is 0.312 e. The molecule has 1 rings (SSSR count). The topological polar surface area (TPSA) is 66.8 Å². The summed E-state index contributed by atoms with van der Waals surface area (Å²) in [7, 11) is 0. The molecule has 0 aromatic carbocycles. The van der Waals surface area contributed by atoms with Gasteiger partial charge in [-0.1, -0.05) is 39.5 Å². The van der Waals surface area contributed by atoms with E-state index in [9.17, 15) is 9.90 Å². The predicted molar refractivity (Wildman–Crippen MR) is 69.0 cm³/mol. The fraction of sp³-hybridized carbons (Fsp3) is 0.929. The van der Waals surface area contributed by atoms with Crippen LogP contribution in [0.1, 0.15) is 46.0 Å². The van der Waals surface area contributed by atoms with E-state index in [-0.39, 0.29) is 25.1 Å². The van der Waals surface area contributed by atoms with Crippen LogP contribution in [0.2, 0.25) is 0 Å². The van der Waals surface area contributed by atoms with Gasteiger partial charge in [-0.05, 0) is 12.3 Å². The summed E-state index contributed by atoms with van der Waals surface area (Å²) in [5.74, 6) is -0.395. The highest BCUT2D eigenvalue weighted by molar-refractivity contribution is 5.75. The van der Waals surface area contributed by atoms with Crippen LogP contribution in [0.4, 0.5) is 0 Å². The molecule has 106 valence electrons. The number of rotatable bonds is 8. The molecule has 0 radical (unpaired) electrons. The van der Waals surface area contributed by atoms with Crippen molar-refractivity contribution in [2.75, 3.05) is 13.2 Å². The maximum absolute atomic E-state index is 11.5. The van der Waals surface area contributed by atoms with Crippen molar-refractivity contribution < 1.29 is 19.7 Å². The Labute approximate surface area is 109 Å². The van der Waals surface area contributed by atoms with E-state index in [1.807, 2.05) is 0 Å². The van der Waals surface area contributed by atoms with Gasteiger partial charge in [0.05, 0.1) is 25.2 Å². The number of carbonyl (C=O) groups excluding carboxylic acids is 1. The van der Waals surface area contributed by atoms with Gasteiger partial charge in [0.2, 0.25) is 0 Å². The summed E-state index contributed by atoms with van der Waals surface area (Å²) in [4.78, 5) is 11.5. The number of cyclic esters (lactones) is 1. The molecule has 1 fully saturated rings. The number of unbranched alkanes of at least 4 members (excludes halogenated alkanes) is 1. The molecule has 2 N–H and O–H groups in total. The molecule has 0 saturated carbocycles. The summed E-state index contributed by atoms with van der Waals surface area (Å²) in [5, 5.41) is 19.2. The predicted octanol–water partition coefficient (Wildman–Crippen LogP) is 1.74. The van der Waals surface area contributed by atoms with Gasteiger partial charge in [0.15, 0.2) is 0 Å². The van der Waals surface area contributed by atoms with Crippen molar-refractivity contribution in [1.29, 1.82) is 0 Å². The minimum Gasteiger partial charge on any atom is -0.465 e. The lowest BCUT2D eigenvalue weighted by Crippen LogP contribution is -2.31. The summed E-state index contributed by atoms with van der Waals surface area (Å²) in [5.41, 5.74) is 0. The number of ether oxygens (including phenoxy) is 1. The fourth-order valence-electron chi connectivity index (χ4n) is 2.45. The van der Waals surface area contributed by atoms with Crippen LogP contribution in [0.5, 0.6) is 0 Å². The highest BCUT2D eigenvalue weighted by Crippen LogP contribution is 2.27. The highest BCUT2D eigenvalue weighted by Gasteiger charge is 2.41. The normalized spacial score (nSPS) is 27.0. The zero-order valence-corrected chi connectivity index (χ0v) is 11.5. The summed E-state index contributed by atoms with van der Waals surface area (Å²) >= 11 is 0. The van der Waals surface area contributed by atoms with Crippen LogP contribution in [0.15, 0.2) is 0 Å². The van der Waals surface area contributed by atoms with Crippen LogP contribution in [0.3, 0.4) is 0 Å². The molecule has 4 nitrogen and oxygen atoms in total. The Bertz CT molecular complexity index is 254. The third kappa shape index (κ3) is 4.25. The highest BCUT2D eigenvalue weighted by atomic mass is 16.5. The second-order valence-electron chi connectivity index (χ2n) is 5.46. The van der Waals surface area contributed by atoms with Crippen molar-refractivity contribution in [3.8, 4) is 0 Å². The summed E-state index contributed by atoms with van der Waals surface area (Å²) in [6.07, 6.45) is 4.30. The van der Waals surface area contributed by atoms with Crippen LogP contribution in [0.25, 0.3) is 0 Å². The van der Waals surface area contributed by atoms with E-state index >= 15 is 0 Å². The quantitative estimate of drug-likeness (QED) is 0.514. The third-order valence-electron chi connectivity index (χ3n) is 4.01. The molecule has 0 unspecified atom stereocenters. The van der Waals surface area contributed by atoms with Gasteiger partial charge in [-0.3, -0.25) is 4.79 Å². The van der Waals surface area contributed by atoms with E-state index in [4.69, 9.17) is 9.84 Å². The molecule has 0 spiro atoms. The fourth-order valence-corrected chi connectivity index (χ4v) is 2.45. The first kappa shape index (κ1) is 15.4. The van der Waals surface area contributed by atoms with E-state index in [0.717, 1.165) is 18.8 Å². The second kappa shape index (κ2) is 7.74.